The fraction of sp³-hybridized carbons (Fsp3) is 0.450. The summed E-state index contributed by atoms with van der Waals surface area (Å²) in [4.78, 5) is 34.1. The lowest BCUT2D eigenvalue weighted by Crippen LogP contribution is -2.54. The van der Waals surface area contributed by atoms with Crippen molar-refractivity contribution in [2.75, 3.05) is 56.7 Å². The predicted molar refractivity (Wildman–Crippen MR) is 114 cm³/mol. The van der Waals surface area contributed by atoms with Gasteiger partial charge in [-0.25, -0.2) is 4.52 Å². The molecule has 0 atom stereocenters. The average molecular weight is 440 g/mol. The molecule has 0 aliphatic carbocycles. The number of carbonyl (C=O) groups excluding carboxylic acids is 2. The van der Waals surface area contributed by atoms with Crippen LogP contribution < -0.4 is 10.2 Å². The molecule has 2 saturated heterocycles. The Kier molecular flexibility index (Phi) is 5.23. The van der Waals surface area contributed by atoms with Crippen LogP contribution in [0.5, 0.6) is 0 Å². The van der Waals surface area contributed by atoms with Gasteiger partial charge in [0.15, 0.2) is 5.65 Å². The molecule has 0 aromatic carbocycles. The number of amides is 2. The van der Waals surface area contributed by atoms with Gasteiger partial charge in [0.25, 0.3) is 11.8 Å². The number of ether oxygens (including phenoxy) is 2. The molecule has 0 bridgehead atoms. The Bertz CT molecular complexity index is 1160. The van der Waals surface area contributed by atoms with Gasteiger partial charge in [0.1, 0.15) is 5.69 Å². The molecule has 0 spiro atoms. The van der Waals surface area contributed by atoms with Crippen LogP contribution in [-0.4, -0.2) is 93.7 Å². The first kappa shape index (κ1) is 20.4. The van der Waals surface area contributed by atoms with E-state index < -0.39 is 5.91 Å². The Morgan fingerprint density at radius 3 is 2.78 bits per heavy atom. The van der Waals surface area contributed by atoms with Gasteiger partial charge in [-0.1, -0.05) is 0 Å². The number of nitrogens with one attached hydrogen (secondary N) is 1. The summed E-state index contributed by atoms with van der Waals surface area (Å²) >= 11 is 0. The van der Waals surface area contributed by atoms with Crippen LogP contribution in [-0.2, 0) is 16.5 Å². The summed E-state index contributed by atoms with van der Waals surface area (Å²) in [6.45, 7) is 3.76. The lowest BCUT2D eigenvalue weighted by Gasteiger charge is -2.37. The lowest BCUT2D eigenvalue weighted by atomic mass is 10.1. The van der Waals surface area contributed by atoms with Gasteiger partial charge in [-0.15, -0.1) is 5.10 Å². The number of fused-ring (bicyclic) bond motifs is 1. The molecular formula is C20H24N8O4. The highest BCUT2D eigenvalue weighted by Gasteiger charge is 2.34. The van der Waals surface area contributed by atoms with Crippen molar-refractivity contribution in [3.8, 4) is 0 Å². The van der Waals surface area contributed by atoms with Gasteiger partial charge in [0.2, 0.25) is 5.95 Å². The Morgan fingerprint density at radius 2 is 2.03 bits per heavy atom. The SMILES string of the molecule is COC1CN(C(=O)c2cnn(C)c2C(=O)Nc2ccn3nc(N4CCOCC4)nc3c2)C1. The van der Waals surface area contributed by atoms with Crippen LogP contribution in [0.25, 0.3) is 5.65 Å². The second-order valence-corrected chi connectivity index (χ2v) is 7.78. The smallest absolute Gasteiger partial charge is 0.274 e. The van der Waals surface area contributed by atoms with E-state index >= 15 is 0 Å². The molecule has 3 aromatic rings. The normalized spacial score (nSPS) is 16.9. The topological polar surface area (TPSA) is 119 Å². The van der Waals surface area contributed by atoms with Crippen LogP contribution in [0, 0.1) is 0 Å². The van der Waals surface area contributed by atoms with E-state index in [1.165, 1.54) is 10.9 Å². The second kappa shape index (κ2) is 8.20. The van der Waals surface area contributed by atoms with Crippen LogP contribution in [0.1, 0.15) is 20.8 Å². The minimum Gasteiger partial charge on any atom is -0.378 e. The Morgan fingerprint density at radius 1 is 1.25 bits per heavy atom. The summed E-state index contributed by atoms with van der Waals surface area (Å²) in [7, 11) is 3.25. The Hall–Kier alpha value is -3.51. The van der Waals surface area contributed by atoms with E-state index in [1.54, 1.807) is 41.9 Å². The Balaban J connectivity index is 1.34. The minimum atomic E-state index is -0.422. The molecule has 5 rings (SSSR count). The Labute approximate surface area is 183 Å². The molecule has 0 saturated carbocycles. The van der Waals surface area contributed by atoms with Gasteiger partial charge in [0.05, 0.1) is 31.1 Å². The number of likely N-dealkylation sites (tertiary alicyclic amines) is 1. The molecule has 2 amide bonds. The number of nitrogens with zero attached hydrogens (tertiary/aromatic N) is 7. The quantitative estimate of drug-likeness (QED) is 0.590. The summed E-state index contributed by atoms with van der Waals surface area (Å²) in [6, 6.07) is 3.48. The van der Waals surface area contributed by atoms with Crippen molar-refractivity contribution in [2.45, 2.75) is 6.10 Å². The first-order valence-electron chi connectivity index (χ1n) is 10.4. The molecule has 12 nitrogen and oxygen atoms in total. The van der Waals surface area contributed by atoms with Crippen molar-refractivity contribution in [1.29, 1.82) is 0 Å². The van der Waals surface area contributed by atoms with Crippen molar-refractivity contribution < 1.29 is 19.1 Å². The average Bonchev–Trinajstić information content (AvgIpc) is 3.36. The maximum absolute atomic E-state index is 13.0. The van der Waals surface area contributed by atoms with Gasteiger partial charge < -0.3 is 24.6 Å². The fourth-order valence-electron chi connectivity index (χ4n) is 3.82. The number of hydrogen-bond acceptors (Lipinski definition) is 8. The second-order valence-electron chi connectivity index (χ2n) is 7.78. The van der Waals surface area contributed by atoms with E-state index in [1.807, 2.05) is 0 Å². The third-order valence-electron chi connectivity index (χ3n) is 5.73. The number of aryl methyl sites for hydroxylation is 1. The number of anilines is 2. The monoisotopic (exact) mass is 440 g/mol. The highest BCUT2D eigenvalue weighted by atomic mass is 16.5. The highest BCUT2D eigenvalue weighted by Crippen LogP contribution is 2.20. The van der Waals surface area contributed by atoms with Crippen molar-refractivity contribution in [3.63, 3.8) is 0 Å². The number of hydrogen-bond donors (Lipinski definition) is 1. The summed E-state index contributed by atoms with van der Waals surface area (Å²) in [5.41, 5.74) is 1.62. The van der Waals surface area contributed by atoms with Crippen LogP contribution in [0.15, 0.2) is 24.5 Å². The van der Waals surface area contributed by atoms with E-state index in [9.17, 15) is 9.59 Å². The van der Waals surface area contributed by atoms with Crippen molar-refractivity contribution in [1.82, 2.24) is 29.3 Å². The summed E-state index contributed by atoms with van der Waals surface area (Å²) in [6.07, 6.45) is 3.20. The van der Waals surface area contributed by atoms with Gasteiger partial charge in [-0.3, -0.25) is 14.3 Å². The zero-order valence-electron chi connectivity index (χ0n) is 17.9. The molecule has 32 heavy (non-hydrogen) atoms. The molecule has 3 aromatic heterocycles. The number of carbonyl (C=O) groups is 2. The number of pyridine rings is 1. The zero-order valence-corrected chi connectivity index (χ0v) is 17.9. The molecule has 0 unspecified atom stereocenters. The third kappa shape index (κ3) is 3.67. The molecule has 2 fully saturated rings. The maximum Gasteiger partial charge on any atom is 0.274 e. The predicted octanol–water partition coefficient (Wildman–Crippen LogP) is 0.0225. The van der Waals surface area contributed by atoms with Gasteiger partial charge in [-0.2, -0.15) is 10.1 Å². The standard InChI is InChI=1S/C20H24N8O4/c1-25-17(15(10-21-25)19(30)27-11-14(12-27)31-2)18(29)22-13-3-4-28-16(9-13)23-20(24-28)26-5-7-32-8-6-26/h3-4,9-10,14H,5-8,11-12H2,1-2H3,(H,22,29). The van der Waals surface area contributed by atoms with Crippen molar-refractivity contribution >= 4 is 29.1 Å². The van der Waals surface area contributed by atoms with Gasteiger partial charge in [0, 0.05) is 58.3 Å². The molecule has 168 valence electrons. The lowest BCUT2D eigenvalue weighted by molar-refractivity contribution is -0.0192. The number of rotatable bonds is 5. The molecule has 5 heterocycles. The summed E-state index contributed by atoms with van der Waals surface area (Å²) < 4.78 is 13.7. The van der Waals surface area contributed by atoms with Gasteiger partial charge in [-0.05, 0) is 6.07 Å². The summed E-state index contributed by atoms with van der Waals surface area (Å²) in [5, 5.41) is 11.5. The number of morpholine rings is 1. The van der Waals surface area contributed by atoms with E-state index in [0.717, 1.165) is 13.1 Å². The molecule has 2 aliphatic rings. The van der Waals surface area contributed by atoms with Crippen LogP contribution in [0.4, 0.5) is 11.6 Å². The molecular weight excluding hydrogens is 416 g/mol. The molecule has 2 aliphatic heterocycles. The molecule has 1 N–H and O–H groups in total. The largest absolute Gasteiger partial charge is 0.378 e. The van der Waals surface area contributed by atoms with Crippen LogP contribution >= 0.6 is 0 Å². The number of methoxy groups -OCH3 is 1. The molecule has 0 radical (unpaired) electrons. The van der Waals surface area contributed by atoms with E-state index in [-0.39, 0.29) is 23.3 Å². The highest BCUT2D eigenvalue weighted by molar-refractivity contribution is 6.11. The first-order valence-corrected chi connectivity index (χ1v) is 10.4. The number of aromatic nitrogens is 5. The van der Waals surface area contributed by atoms with E-state index in [4.69, 9.17) is 9.47 Å². The molecule has 12 heteroatoms. The third-order valence-corrected chi connectivity index (χ3v) is 5.73. The van der Waals surface area contributed by atoms with Crippen LogP contribution in [0.3, 0.4) is 0 Å². The van der Waals surface area contributed by atoms with Crippen molar-refractivity contribution in [3.05, 3.63) is 35.8 Å². The minimum absolute atomic E-state index is 0.0325. The van der Waals surface area contributed by atoms with E-state index in [0.29, 0.717) is 43.6 Å². The van der Waals surface area contributed by atoms with E-state index in [2.05, 4.69) is 25.4 Å². The van der Waals surface area contributed by atoms with Crippen LogP contribution in [0.2, 0.25) is 0 Å². The summed E-state index contributed by atoms with van der Waals surface area (Å²) in [5.74, 6) is -0.0331. The van der Waals surface area contributed by atoms with Crippen molar-refractivity contribution in [2.24, 2.45) is 7.05 Å². The maximum atomic E-state index is 13.0. The fourth-order valence-corrected chi connectivity index (χ4v) is 3.82. The zero-order chi connectivity index (χ0) is 22.2. The van der Waals surface area contributed by atoms with Gasteiger partial charge >= 0.3 is 0 Å². The first-order chi connectivity index (χ1) is 15.5.